The molecule has 0 radical (unpaired) electrons. The maximum Gasteiger partial charge on any atom is 0.310 e. The van der Waals surface area contributed by atoms with Crippen LogP contribution in [0.2, 0.25) is 0 Å². The van der Waals surface area contributed by atoms with Crippen LogP contribution in [0, 0.1) is 0 Å². The van der Waals surface area contributed by atoms with Crippen LogP contribution in [0.3, 0.4) is 0 Å². The lowest BCUT2D eigenvalue weighted by atomic mass is 9.82. The van der Waals surface area contributed by atoms with Crippen molar-refractivity contribution >= 4 is 18.9 Å². The fourth-order valence-corrected chi connectivity index (χ4v) is 2.67. The summed E-state index contributed by atoms with van der Waals surface area (Å²) in [5.74, 6) is -0.195. The minimum Gasteiger partial charge on any atom is -0.466 e. The molecule has 5 heteroatoms. The highest BCUT2D eigenvalue weighted by molar-refractivity contribution is 6.47. The van der Waals surface area contributed by atoms with Gasteiger partial charge in [-0.25, -0.2) is 0 Å². The molecule has 0 bridgehead atoms. The molecule has 0 aliphatic carbocycles. The van der Waals surface area contributed by atoms with E-state index in [4.69, 9.17) is 14.1 Å². The molecular formula is C23H31BO4. The van der Waals surface area contributed by atoms with E-state index < -0.39 is 5.60 Å². The Hall–Kier alpha value is -2.11. The highest BCUT2D eigenvalue weighted by atomic mass is 16.5. The third-order valence-electron chi connectivity index (χ3n) is 5.45. The quantitative estimate of drug-likeness (QED) is 0.491. The molecule has 150 valence electrons. The van der Waals surface area contributed by atoms with Crippen LogP contribution in [0.5, 0.6) is 0 Å². The number of ether oxygens (including phenoxy) is 2. The van der Waals surface area contributed by atoms with Gasteiger partial charge in [0.15, 0.2) is 0 Å². The molecule has 0 heterocycles. The van der Waals surface area contributed by atoms with E-state index in [-0.39, 0.29) is 11.6 Å². The maximum atomic E-state index is 11.6. The highest BCUT2D eigenvalue weighted by Gasteiger charge is 2.37. The van der Waals surface area contributed by atoms with Gasteiger partial charge in [-0.05, 0) is 51.3 Å². The molecule has 0 atom stereocenters. The lowest BCUT2D eigenvalue weighted by Gasteiger charge is -2.40. The summed E-state index contributed by atoms with van der Waals surface area (Å²) in [4.78, 5) is 11.6. The summed E-state index contributed by atoms with van der Waals surface area (Å²) in [5.41, 5.74) is 3.52. The smallest absolute Gasteiger partial charge is 0.310 e. The molecule has 28 heavy (non-hydrogen) atoms. The molecule has 2 aromatic rings. The predicted octanol–water partition coefficient (Wildman–Crippen LogP) is 3.66. The summed E-state index contributed by atoms with van der Waals surface area (Å²) < 4.78 is 16.7. The van der Waals surface area contributed by atoms with E-state index in [0.29, 0.717) is 20.5 Å². The number of hydrogen-bond acceptors (Lipinski definition) is 4. The van der Waals surface area contributed by atoms with Crippen LogP contribution >= 0.6 is 0 Å². The van der Waals surface area contributed by atoms with Crippen molar-refractivity contribution in [2.45, 2.75) is 52.2 Å². The second-order valence-electron chi connectivity index (χ2n) is 7.89. The van der Waals surface area contributed by atoms with Gasteiger partial charge < -0.3 is 14.1 Å². The number of hydrogen-bond donors (Lipinski definition) is 0. The fraction of sp³-hybridized carbons (Fsp3) is 0.435. The first-order chi connectivity index (χ1) is 13.2. The second-order valence-corrected chi connectivity index (χ2v) is 7.89. The first kappa shape index (κ1) is 22.2. The Morgan fingerprint density at radius 3 is 1.93 bits per heavy atom. The van der Waals surface area contributed by atoms with E-state index in [9.17, 15) is 4.79 Å². The van der Waals surface area contributed by atoms with Gasteiger partial charge in [0.25, 0.3) is 0 Å². The van der Waals surface area contributed by atoms with Crippen LogP contribution in [0.4, 0.5) is 0 Å². The van der Waals surface area contributed by atoms with E-state index in [1.807, 2.05) is 58.9 Å². The van der Waals surface area contributed by atoms with Crippen molar-refractivity contribution < 1.29 is 18.9 Å². The van der Waals surface area contributed by atoms with Crippen LogP contribution in [-0.2, 0) is 25.3 Å². The Kier molecular flexibility index (Phi) is 7.45. The van der Waals surface area contributed by atoms with Gasteiger partial charge in [0.1, 0.15) is 0 Å². The zero-order valence-corrected chi connectivity index (χ0v) is 17.9. The van der Waals surface area contributed by atoms with Crippen molar-refractivity contribution in [2.24, 2.45) is 0 Å². The summed E-state index contributed by atoms with van der Waals surface area (Å²) in [6.45, 7) is 10.4. The van der Waals surface area contributed by atoms with Crippen LogP contribution < -0.4 is 5.46 Å². The predicted molar refractivity (Wildman–Crippen MR) is 115 cm³/mol. The molecule has 0 unspecified atom stereocenters. The largest absolute Gasteiger partial charge is 0.466 e. The summed E-state index contributed by atoms with van der Waals surface area (Å²) in [6, 6.07) is 16.3. The molecule has 0 saturated heterocycles. The van der Waals surface area contributed by atoms with Gasteiger partial charge in [0, 0.05) is 7.11 Å². The monoisotopic (exact) mass is 382 g/mol. The third-order valence-corrected chi connectivity index (χ3v) is 5.45. The Balaban J connectivity index is 1.99. The number of carbonyl (C=O) groups excluding carboxylic acids is 1. The molecule has 0 aromatic heterocycles. The topological polar surface area (TPSA) is 44.8 Å². The van der Waals surface area contributed by atoms with Crippen molar-refractivity contribution in [3.05, 3.63) is 54.1 Å². The highest BCUT2D eigenvalue weighted by Crippen LogP contribution is 2.27. The lowest BCUT2D eigenvalue weighted by Crippen LogP contribution is -2.50. The summed E-state index contributed by atoms with van der Waals surface area (Å²) in [5, 5.41) is 0. The van der Waals surface area contributed by atoms with E-state index in [2.05, 4.69) is 24.3 Å². The van der Waals surface area contributed by atoms with Crippen LogP contribution in [0.25, 0.3) is 11.1 Å². The van der Waals surface area contributed by atoms with Gasteiger partial charge in [0.05, 0.1) is 24.2 Å². The van der Waals surface area contributed by atoms with Gasteiger partial charge in [-0.15, -0.1) is 0 Å². The molecule has 0 aliphatic heterocycles. The summed E-state index contributed by atoms with van der Waals surface area (Å²) in [6.07, 6.45) is 0.304. The van der Waals surface area contributed by atoms with Crippen molar-refractivity contribution in [1.82, 2.24) is 0 Å². The Morgan fingerprint density at radius 1 is 0.893 bits per heavy atom. The van der Waals surface area contributed by atoms with Crippen LogP contribution in [-0.4, -0.2) is 38.4 Å². The number of carbonyl (C=O) groups is 1. The van der Waals surface area contributed by atoms with E-state index >= 15 is 0 Å². The second kappa shape index (κ2) is 9.40. The number of methoxy groups -OCH3 is 1. The summed E-state index contributed by atoms with van der Waals surface area (Å²) in [7, 11) is 2.23. The molecule has 2 rings (SSSR count). The van der Waals surface area contributed by atoms with Crippen molar-refractivity contribution in [3.8, 4) is 11.1 Å². The van der Waals surface area contributed by atoms with Crippen molar-refractivity contribution in [3.63, 3.8) is 0 Å². The SMILES string of the molecule is CCOC(=O)Cc1ccc(-c2ccc(BOC(C)(C)C(C)(C)OC)cc2)cc1. The fourth-order valence-electron chi connectivity index (χ4n) is 2.67. The van der Waals surface area contributed by atoms with E-state index in [1.165, 1.54) is 0 Å². The molecule has 0 saturated carbocycles. The number of rotatable bonds is 9. The zero-order chi connectivity index (χ0) is 20.8. The standard InChI is InChI=1S/C23H31BO4/c1-7-27-21(25)16-17-8-10-18(11-9-17)19-12-14-20(15-13-19)24-28-23(4,5)22(2,3)26-6/h8-15,24H,7,16H2,1-6H3. The minimum absolute atomic E-state index is 0.195. The maximum absolute atomic E-state index is 11.6. The number of esters is 1. The van der Waals surface area contributed by atoms with Gasteiger partial charge in [0.2, 0.25) is 0 Å². The van der Waals surface area contributed by atoms with Crippen LogP contribution in [0.1, 0.15) is 40.2 Å². The van der Waals surface area contributed by atoms with Gasteiger partial charge in [-0.2, -0.15) is 0 Å². The van der Waals surface area contributed by atoms with Gasteiger partial charge in [-0.1, -0.05) is 54.0 Å². The molecule has 2 aromatic carbocycles. The minimum atomic E-state index is -0.408. The van der Waals surface area contributed by atoms with Crippen LogP contribution in [0.15, 0.2) is 48.5 Å². The first-order valence-electron chi connectivity index (χ1n) is 9.71. The number of benzene rings is 2. The Bertz CT molecular complexity index is 764. The molecule has 0 N–H and O–H groups in total. The summed E-state index contributed by atoms with van der Waals surface area (Å²) >= 11 is 0. The van der Waals surface area contributed by atoms with E-state index in [1.54, 1.807) is 7.11 Å². The van der Waals surface area contributed by atoms with Crippen molar-refractivity contribution in [1.29, 1.82) is 0 Å². The van der Waals surface area contributed by atoms with Gasteiger partial charge in [-0.3, -0.25) is 4.79 Å². The average Bonchev–Trinajstić information content (AvgIpc) is 2.67. The molecular weight excluding hydrogens is 351 g/mol. The van der Waals surface area contributed by atoms with E-state index in [0.717, 1.165) is 22.2 Å². The molecule has 0 aliphatic rings. The first-order valence-corrected chi connectivity index (χ1v) is 9.71. The van der Waals surface area contributed by atoms with Crippen molar-refractivity contribution in [2.75, 3.05) is 13.7 Å². The lowest BCUT2D eigenvalue weighted by molar-refractivity contribution is -0.142. The molecule has 0 amide bonds. The molecule has 0 fully saturated rings. The Labute approximate surface area is 169 Å². The average molecular weight is 382 g/mol. The molecule has 0 spiro atoms. The Morgan fingerprint density at radius 2 is 1.43 bits per heavy atom. The van der Waals surface area contributed by atoms with Gasteiger partial charge >= 0.3 is 13.5 Å². The normalized spacial score (nSPS) is 11.9. The third kappa shape index (κ3) is 5.70. The zero-order valence-electron chi connectivity index (χ0n) is 17.9. The molecule has 4 nitrogen and oxygen atoms in total.